The van der Waals surface area contributed by atoms with Crippen molar-refractivity contribution in [3.63, 3.8) is 0 Å². The molecule has 0 atom stereocenters. The van der Waals surface area contributed by atoms with Crippen LogP contribution >= 0.6 is 22.9 Å². The second kappa shape index (κ2) is 6.11. The van der Waals surface area contributed by atoms with Gasteiger partial charge in [-0.05, 0) is 42.8 Å². The Hall–Kier alpha value is -1.78. The third kappa shape index (κ3) is 3.21. The van der Waals surface area contributed by atoms with Crippen molar-refractivity contribution in [1.29, 1.82) is 0 Å². The Kier molecular flexibility index (Phi) is 4.47. The van der Waals surface area contributed by atoms with E-state index < -0.39 is 5.97 Å². The molecule has 0 amide bonds. The molecule has 0 saturated carbocycles. The maximum Gasteiger partial charge on any atom is 0.328 e. The Bertz CT molecular complexity index is 674. The van der Waals surface area contributed by atoms with Crippen LogP contribution in [0.4, 0.5) is 0 Å². The number of halogens is 1. The summed E-state index contributed by atoms with van der Waals surface area (Å²) < 4.78 is 5.33. The zero-order chi connectivity index (χ0) is 14.7. The summed E-state index contributed by atoms with van der Waals surface area (Å²) in [6, 6.07) is 9.26. The van der Waals surface area contributed by atoms with Crippen LogP contribution in [-0.4, -0.2) is 18.2 Å². The van der Waals surface area contributed by atoms with Crippen LogP contribution in [0, 0.1) is 0 Å². The van der Waals surface area contributed by atoms with E-state index in [1.807, 2.05) is 24.3 Å². The molecule has 0 unspecified atom stereocenters. The Labute approximate surface area is 126 Å². The minimum Gasteiger partial charge on any atom is -0.496 e. The smallest absolute Gasteiger partial charge is 0.328 e. The van der Waals surface area contributed by atoms with Crippen molar-refractivity contribution in [2.75, 3.05) is 7.11 Å². The van der Waals surface area contributed by atoms with Gasteiger partial charge in [-0.15, -0.1) is 11.3 Å². The van der Waals surface area contributed by atoms with E-state index in [2.05, 4.69) is 0 Å². The van der Waals surface area contributed by atoms with Gasteiger partial charge in [-0.1, -0.05) is 11.6 Å². The summed E-state index contributed by atoms with van der Waals surface area (Å²) in [5.74, 6) is -0.208. The van der Waals surface area contributed by atoms with E-state index in [-0.39, 0.29) is 0 Å². The van der Waals surface area contributed by atoms with Gasteiger partial charge in [-0.25, -0.2) is 4.79 Å². The van der Waals surface area contributed by atoms with Crippen LogP contribution in [0.25, 0.3) is 16.0 Å². The maximum absolute atomic E-state index is 10.7. The molecule has 1 N–H and O–H groups in total. The lowest BCUT2D eigenvalue weighted by Crippen LogP contribution is -1.88. The number of thiophene rings is 1. The highest BCUT2D eigenvalue weighted by Gasteiger charge is 2.10. The van der Waals surface area contributed by atoms with E-state index in [1.54, 1.807) is 20.1 Å². The molecule has 0 aliphatic carbocycles. The summed E-state index contributed by atoms with van der Waals surface area (Å²) >= 11 is 7.53. The molecule has 2 rings (SSSR count). The number of methoxy groups -OCH3 is 1. The van der Waals surface area contributed by atoms with Crippen molar-refractivity contribution < 1.29 is 14.6 Å². The van der Waals surface area contributed by atoms with Gasteiger partial charge in [0.05, 0.1) is 7.11 Å². The molecule has 1 aromatic heterocycles. The Balaban J connectivity index is 2.43. The predicted molar refractivity (Wildman–Crippen MR) is 82.6 cm³/mol. The highest BCUT2D eigenvalue weighted by atomic mass is 35.5. The van der Waals surface area contributed by atoms with Crippen LogP contribution in [0.5, 0.6) is 5.75 Å². The molecule has 20 heavy (non-hydrogen) atoms. The first kappa shape index (κ1) is 14.6. The van der Waals surface area contributed by atoms with Crippen LogP contribution in [0.3, 0.4) is 0 Å². The van der Waals surface area contributed by atoms with Crippen molar-refractivity contribution in [1.82, 2.24) is 0 Å². The summed E-state index contributed by atoms with van der Waals surface area (Å²) in [6.07, 6.45) is 1.20. The fourth-order valence-corrected chi connectivity index (χ4v) is 2.99. The van der Waals surface area contributed by atoms with E-state index in [1.165, 1.54) is 17.4 Å². The molecule has 1 aromatic carbocycles. The molecule has 5 heteroatoms. The fourth-order valence-electron chi connectivity index (χ4n) is 1.82. The number of rotatable bonds is 4. The molecule has 0 spiro atoms. The number of aliphatic carboxylic acids is 1. The van der Waals surface area contributed by atoms with E-state index in [9.17, 15) is 4.79 Å². The van der Waals surface area contributed by atoms with E-state index in [0.29, 0.717) is 5.02 Å². The molecule has 0 saturated heterocycles. The number of allylic oxidation sites excluding steroid dienone is 1. The summed E-state index contributed by atoms with van der Waals surface area (Å²) in [6.45, 7) is 1.78. The second-order valence-corrected chi connectivity index (χ2v) is 5.69. The SMILES string of the molecule is COc1ccc(Cl)cc1-c1ccc(/C(C)=C/C(=O)O)s1. The zero-order valence-electron chi connectivity index (χ0n) is 11.0. The highest BCUT2D eigenvalue weighted by Crippen LogP contribution is 2.38. The number of benzene rings is 1. The predicted octanol–water partition coefficient (Wildman–Crippen LogP) is 4.57. The van der Waals surface area contributed by atoms with Gasteiger partial charge < -0.3 is 9.84 Å². The molecule has 0 aliphatic rings. The van der Waals surface area contributed by atoms with E-state index in [0.717, 1.165) is 26.6 Å². The lowest BCUT2D eigenvalue weighted by atomic mass is 10.1. The molecule has 3 nitrogen and oxygen atoms in total. The molecule has 0 radical (unpaired) electrons. The Morgan fingerprint density at radius 1 is 1.35 bits per heavy atom. The van der Waals surface area contributed by atoms with Gasteiger partial charge in [-0.2, -0.15) is 0 Å². The van der Waals surface area contributed by atoms with Gasteiger partial charge in [0, 0.05) is 26.4 Å². The van der Waals surface area contributed by atoms with Gasteiger partial charge in [0.25, 0.3) is 0 Å². The minimum absolute atomic E-state index is 0.633. The third-order valence-corrected chi connectivity index (χ3v) is 4.25. The Morgan fingerprint density at radius 2 is 2.10 bits per heavy atom. The number of carboxylic acid groups (broad SMARTS) is 1. The quantitative estimate of drug-likeness (QED) is 0.842. The lowest BCUT2D eigenvalue weighted by Gasteiger charge is -2.06. The standard InChI is InChI=1S/C15H13ClO3S/c1-9(7-15(17)18)13-5-6-14(20-13)11-8-10(16)3-4-12(11)19-2/h3-8H,1-2H3,(H,17,18)/b9-7+. The molecular weight excluding hydrogens is 296 g/mol. The van der Waals surface area contributed by atoms with Crippen LogP contribution in [0.2, 0.25) is 5.02 Å². The fraction of sp³-hybridized carbons (Fsp3) is 0.133. The maximum atomic E-state index is 10.7. The average molecular weight is 309 g/mol. The summed E-state index contributed by atoms with van der Waals surface area (Å²) in [5, 5.41) is 9.41. The molecule has 1 heterocycles. The normalized spacial score (nSPS) is 11.4. The Morgan fingerprint density at radius 3 is 2.75 bits per heavy atom. The van der Waals surface area contributed by atoms with Crippen LogP contribution < -0.4 is 4.74 Å². The van der Waals surface area contributed by atoms with Crippen molar-refractivity contribution in [3.05, 3.63) is 46.3 Å². The molecule has 2 aromatic rings. The first-order valence-corrected chi connectivity index (χ1v) is 7.06. The summed E-state index contributed by atoms with van der Waals surface area (Å²) in [4.78, 5) is 12.6. The number of hydrogen-bond donors (Lipinski definition) is 1. The first-order chi connectivity index (χ1) is 9.51. The van der Waals surface area contributed by atoms with Crippen molar-refractivity contribution >= 4 is 34.5 Å². The zero-order valence-corrected chi connectivity index (χ0v) is 12.6. The van der Waals surface area contributed by atoms with Crippen LogP contribution in [-0.2, 0) is 4.79 Å². The van der Waals surface area contributed by atoms with Crippen molar-refractivity contribution in [3.8, 4) is 16.2 Å². The molecule has 104 valence electrons. The summed E-state index contributed by atoms with van der Waals surface area (Å²) in [7, 11) is 1.61. The van der Waals surface area contributed by atoms with E-state index in [4.69, 9.17) is 21.4 Å². The lowest BCUT2D eigenvalue weighted by molar-refractivity contribution is -0.131. The van der Waals surface area contributed by atoms with Gasteiger partial charge in [-0.3, -0.25) is 0 Å². The number of hydrogen-bond acceptors (Lipinski definition) is 3. The topological polar surface area (TPSA) is 46.5 Å². The minimum atomic E-state index is -0.946. The average Bonchev–Trinajstić information content (AvgIpc) is 2.87. The highest BCUT2D eigenvalue weighted by molar-refractivity contribution is 7.16. The van der Waals surface area contributed by atoms with Crippen molar-refractivity contribution in [2.45, 2.75) is 6.92 Å². The van der Waals surface area contributed by atoms with Gasteiger partial charge in [0.15, 0.2) is 0 Å². The van der Waals surface area contributed by atoms with Crippen molar-refractivity contribution in [2.24, 2.45) is 0 Å². The number of carboxylic acids is 1. The van der Waals surface area contributed by atoms with Crippen LogP contribution in [0.15, 0.2) is 36.4 Å². The summed E-state index contributed by atoms with van der Waals surface area (Å²) in [5.41, 5.74) is 1.62. The third-order valence-electron chi connectivity index (χ3n) is 2.76. The molecule has 0 bridgehead atoms. The van der Waals surface area contributed by atoms with Gasteiger partial charge in [0.2, 0.25) is 0 Å². The number of carbonyl (C=O) groups is 1. The van der Waals surface area contributed by atoms with Crippen LogP contribution in [0.1, 0.15) is 11.8 Å². The molecule has 0 aliphatic heterocycles. The molecule has 0 fully saturated rings. The largest absolute Gasteiger partial charge is 0.496 e. The number of ether oxygens (including phenoxy) is 1. The first-order valence-electron chi connectivity index (χ1n) is 5.86. The van der Waals surface area contributed by atoms with E-state index >= 15 is 0 Å². The van der Waals surface area contributed by atoms with Gasteiger partial charge >= 0.3 is 5.97 Å². The van der Waals surface area contributed by atoms with Gasteiger partial charge in [0.1, 0.15) is 5.75 Å². The second-order valence-electron chi connectivity index (χ2n) is 4.17. The monoisotopic (exact) mass is 308 g/mol. The molecular formula is C15H13ClO3S.